The molecule has 1 saturated heterocycles. The smallest absolute Gasteiger partial charge is 0.493 e. The Bertz CT molecular complexity index is 4870. The van der Waals surface area contributed by atoms with Gasteiger partial charge in [-0.15, -0.1) is 0 Å². The average Bonchev–Trinajstić information content (AvgIpc) is 1.30. The number of aromatic nitrogens is 3. The fourth-order valence-corrected chi connectivity index (χ4v) is 15.4. The number of fused-ring (bicyclic) bond motifs is 3. The Morgan fingerprint density at radius 2 is 0.798 bits per heavy atom. The molecule has 1 fully saturated rings. The summed E-state index contributed by atoms with van der Waals surface area (Å²) in [7, 11) is 1.27. The second-order valence-corrected chi connectivity index (χ2v) is 34.1. The van der Waals surface area contributed by atoms with Crippen LogP contribution in [0.2, 0.25) is 0 Å². The number of hydrogen-bond acceptors (Lipinski definition) is 19. The molecule has 3 aromatic heterocycles. The first-order valence-corrected chi connectivity index (χ1v) is 39.7. The van der Waals surface area contributed by atoms with Gasteiger partial charge in [0, 0.05) is 60.8 Å². The second kappa shape index (κ2) is 35.3. The Hall–Kier alpha value is -8.27. The van der Waals surface area contributed by atoms with Gasteiger partial charge in [0.1, 0.15) is 17.2 Å². The van der Waals surface area contributed by atoms with Crippen molar-refractivity contribution in [2.24, 2.45) is 0 Å². The Morgan fingerprint density at radius 3 is 1.11 bits per heavy atom. The number of halogens is 10. The van der Waals surface area contributed by atoms with Crippen molar-refractivity contribution in [2.75, 3.05) is 34.0 Å². The molecule has 0 radical (unpaired) electrons. The maximum atomic E-state index is 14.6. The highest BCUT2D eigenvalue weighted by Gasteiger charge is 2.54. The normalized spacial score (nSPS) is 16.0. The molecule has 3 atom stereocenters. The van der Waals surface area contributed by atoms with Crippen LogP contribution in [-0.2, 0) is 85.2 Å². The van der Waals surface area contributed by atoms with Gasteiger partial charge in [0.15, 0.2) is 18.3 Å². The Labute approximate surface area is 676 Å². The Morgan fingerprint density at radius 1 is 0.465 bits per heavy atom. The summed E-state index contributed by atoms with van der Waals surface area (Å²) in [4.78, 5) is 38.4. The minimum Gasteiger partial charge on any atom is -0.493 e. The van der Waals surface area contributed by atoms with Gasteiger partial charge in [-0.05, 0) is 300 Å². The molecular formula is C83H88BBrF9N3O14S3. The van der Waals surface area contributed by atoms with Crippen LogP contribution in [0.25, 0.3) is 55.6 Å². The van der Waals surface area contributed by atoms with E-state index in [1.54, 1.807) is 134 Å². The summed E-state index contributed by atoms with van der Waals surface area (Å²) < 4.78 is 200. The van der Waals surface area contributed by atoms with E-state index in [1.807, 2.05) is 45.2 Å². The lowest BCUT2D eigenvalue weighted by atomic mass is 9.71. The van der Waals surface area contributed by atoms with E-state index in [0.717, 1.165) is 90.8 Å². The summed E-state index contributed by atoms with van der Waals surface area (Å²) in [6, 6.07) is 22.8. The molecule has 0 aliphatic carbocycles. The zero-order valence-corrected chi connectivity index (χ0v) is 69.4. The molecule has 610 valence electrons. The van der Waals surface area contributed by atoms with E-state index in [-0.39, 0.29) is 27.8 Å². The second-order valence-electron chi connectivity index (χ2n) is 31.2. The molecule has 6 aromatic carbocycles. The van der Waals surface area contributed by atoms with Crippen molar-refractivity contribution in [1.29, 1.82) is 0 Å². The van der Waals surface area contributed by atoms with Gasteiger partial charge in [-0.1, -0.05) is 36.4 Å². The van der Waals surface area contributed by atoms with E-state index < -0.39 is 112 Å². The number of aryl methyl sites for hydroxylation is 3. The van der Waals surface area contributed by atoms with Crippen molar-refractivity contribution in [1.82, 2.24) is 13.1 Å². The quantitative estimate of drug-likeness (QED) is 0.0576. The van der Waals surface area contributed by atoms with Gasteiger partial charge in [-0.2, -0.15) is 43.9 Å². The number of benzene rings is 6. The molecule has 0 saturated carbocycles. The van der Waals surface area contributed by atoms with E-state index in [1.165, 1.54) is 41.3 Å². The average molecular weight is 1710 g/mol. The van der Waals surface area contributed by atoms with Crippen LogP contribution in [0.5, 0.6) is 17.2 Å². The third-order valence-electron chi connectivity index (χ3n) is 18.9. The van der Waals surface area contributed by atoms with Crippen molar-refractivity contribution in [3.8, 4) is 72.9 Å². The van der Waals surface area contributed by atoms with Crippen molar-refractivity contribution >= 4 is 81.0 Å². The number of esters is 2. The van der Waals surface area contributed by atoms with E-state index in [0.29, 0.717) is 94.3 Å². The summed E-state index contributed by atoms with van der Waals surface area (Å²) in [6.07, 6.45) is -9.95. The summed E-state index contributed by atoms with van der Waals surface area (Å²) in [5.41, 5.74) is -1.15. The van der Waals surface area contributed by atoms with Gasteiger partial charge >= 0.3 is 43.6 Å². The predicted molar refractivity (Wildman–Crippen MR) is 422 cm³/mol. The number of nitrogens with zero attached hydrogens (tertiary/aromatic N) is 3. The van der Waals surface area contributed by atoms with Crippen LogP contribution in [0.4, 0.5) is 39.5 Å². The lowest BCUT2D eigenvalue weighted by Crippen LogP contribution is -2.41. The molecule has 0 bridgehead atoms. The summed E-state index contributed by atoms with van der Waals surface area (Å²) in [6.45, 7) is 24.1. The van der Waals surface area contributed by atoms with Crippen molar-refractivity contribution in [3.63, 3.8) is 0 Å². The maximum Gasteiger partial charge on any atom is 0.495 e. The van der Waals surface area contributed by atoms with Gasteiger partial charge in [0.25, 0.3) is 0 Å². The van der Waals surface area contributed by atoms with Crippen molar-refractivity contribution < 1.29 is 106 Å². The van der Waals surface area contributed by atoms with Gasteiger partial charge < -0.3 is 52.3 Å². The van der Waals surface area contributed by atoms with E-state index in [4.69, 9.17) is 47.2 Å². The summed E-state index contributed by atoms with van der Waals surface area (Å²) >= 11 is 7.02. The van der Waals surface area contributed by atoms with E-state index in [2.05, 4.69) is 29.1 Å². The number of carbonyl (C=O) groups is 3. The number of hydrogen-bond donors (Lipinski definition) is 1. The lowest BCUT2D eigenvalue weighted by Gasteiger charge is -2.32. The molecule has 9 aromatic rings. The number of carboxylic acid groups (broad SMARTS) is 1. The topological polar surface area (TPSA) is 202 Å². The molecule has 4 aliphatic rings. The Balaban J connectivity index is 0.000000174. The number of methoxy groups -OCH3 is 2. The fraction of sp³-hybridized carbons (Fsp3) is 0.422. The summed E-state index contributed by atoms with van der Waals surface area (Å²) in [5, 5.41) is 15.5. The van der Waals surface area contributed by atoms with Crippen molar-refractivity contribution in [2.45, 2.75) is 193 Å². The summed E-state index contributed by atoms with van der Waals surface area (Å²) in [5.74, 6) is -1.27. The van der Waals surface area contributed by atoms with Gasteiger partial charge in [-0.3, -0.25) is 0 Å². The van der Waals surface area contributed by atoms with Crippen LogP contribution in [0.15, 0.2) is 130 Å². The van der Waals surface area contributed by atoms with Crippen LogP contribution < -0.4 is 19.7 Å². The van der Waals surface area contributed by atoms with Crippen molar-refractivity contribution in [3.05, 3.63) is 180 Å². The van der Waals surface area contributed by atoms with Gasteiger partial charge in [0.05, 0.1) is 84.9 Å². The highest BCUT2D eigenvalue weighted by molar-refractivity contribution is 9.10. The largest absolute Gasteiger partial charge is 0.495 e. The zero-order chi connectivity index (χ0) is 83.4. The number of rotatable bonds is 15. The van der Waals surface area contributed by atoms with E-state index >= 15 is 0 Å². The molecule has 114 heavy (non-hydrogen) atoms. The van der Waals surface area contributed by atoms with E-state index in [9.17, 15) is 59.0 Å². The molecule has 7 heterocycles. The molecule has 31 heteroatoms. The minimum absolute atomic E-state index is 0.163. The number of carbonyl (C=O) groups excluding carboxylic acids is 2. The zero-order valence-electron chi connectivity index (χ0n) is 65.4. The minimum atomic E-state index is -4.79. The number of alkyl halides is 9. The third-order valence-corrected chi connectivity index (χ3v) is 21.4. The van der Waals surface area contributed by atoms with Crippen LogP contribution in [-0.4, -0.2) is 105 Å². The molecule has 13 rings (SSSR count). The molecule has 17 nitrogen and oxygen atoms in total. The molecule has 0 spiro atoms. The highest BCUT2D eigenvalue weighted by Crippen LogP contribution is 2.52. The van der Waals surface area contributed by atoms with Gasteiger partial charge in [0.2, 0.25) is 0 Å². The lowest BCUT2D eigenvalue weighted by molar-refractivity contribution is -0.167. The Kier molecular flexibility index (Phi) is 27.3. The first-order valence-electron chi connectivity index (χ1n) is 36.4. The van der Waals surface area contributed by atoms with Crippen LogP contribution in [0.1, 0.15) is 178 Å². The number of ether oxygens (including phenoxy) is 8. The predicted octanol–water partition coefficient (Wildman–Crippen LogP) is 21.5. The van der Waals surface area contributed by atoms with Crippen LogP contribution in [0.3, 0.4) is 0 Å². The highest BCUT2D eigenvalue weighted by atomic mass is 79.9. The fourth-order valence-electron chi connectivity index (χ4n) is 13.4. The van der Waals surface area contributed by atoms with Crippen LogP contribution in [0, 0.1) is 0 Å². The molecule has 1 N–H and O–H groups in total. The first-order chi connectivity index (χ1) is 53.3. The SMILES string of the molecule is Brc1cnsc1.CC(C)(C)OC(C(=O)O)c1c(C(F)(F)F)ccc(-c2cnsc2)c1-c1ccc2c(c1)CCCO2.COC(=O)C(OC(C)(C)C)c1c(C(F)(F)F)ccc(-c2cnsc2)c1-c1ccc2c(c1)CCCO2.COC(=O)C(OC(C)(C)C)c1c(C(F)(F)F)ccc(B2OC(C)(C)C(C)(C)O2)c1-c1ccc2c(c1)CCCO2. The third kappa shape index (κ3) is 21.1. The number of carboxylic acids is 1. The maximum absolute atomic E-state index is 14.6. The van der Waals surface area contributed by atoms with Crippen LogP contribution >= 0.6 is 50.5 Å². The molecular weight excluding hydrogens is 1620 g/mol. The molecule has 4 aliphatic heterocycles. The first kappa shape index (κ1) is 88.1. The molecule has 3 unspecified atom stereocenters. The van der Waals surface area contributed by atoms with Gasteiger partial charge in [-0.25, -0.2) is 23.1 Å². The molecule has 0 amide bonds. The number of aliphatic carboxylic acids is 1. The standard InChI is InChI=1S/C29H36BF3O6.C26H26F3NO4S.C25H24F3NO4S.C3H2BrNS/c1-26(2,3)37-24(25(34)35-8)23-19(29(31,32)33)12-13-20(30-38-27(4,5)28(6,7)39-30)22(23)18-11-14-21-17(16-18)10-9-15-36-21;1-25(2,3)34-23(24(31)32-4)22-19(26(27,28)29)9-8-18(17-13-30-35-14-17)21(22)16-7-10-20-15(12-16)6-5-11-33-20;1-24(2,3)33-22(23(30)31)21-18(25(26,27)28)8-7-17(16-12-29-34-13-16)20(21)15-6-9-19-14(11-15)5-4-10-32-19;4-3-1-5-6-2-3/h11-14,16,24H,9-10,15H2,1-8H3;7-10,12-14,23H,5-6,11H2,1-4H3;6-9,11-13,22H,4-5,10H2,1-3H3,(H,30,31);1-2H. The monoisotopic (exact) mass is 1710 g/mol.